The first-order valence-electron chi connectivity index (χ1n) is 9.11. The van der Waals surface area contributed by atoms with Crippen molar-refractivity contribution >= 4 is 11.6 Å². The lowest BCUT2D eigenvalue weighted by atomic mass is 10.2. The predicted molar refractivity (Wildman–Crippen MR) is 104 cm³/mol. The summed E-state index contributed by atoms with van der Waals surface area (Å²) in [6.45, 7) is 2.72. The van der Waals surface area contributed by atoms with Crippen molar-refractivity contribution in [2.75, 3.05) is 0 Å². The summed E-state index contributed by atoms with van der Waals surface area (Å²) >= 11 is 0. The van der Waals surface area contributed by atoms with E-state index in [1.807, 2.05) is 34.5 Å². The number of nitrogens with zero attached hydrogens (tertiary/aromatic N) is 4. The highest BCUT2D eigenvalue weighted by Gasteiger charge is 2.12. The van der Waals surface area contributed by atoms with Crippen molar-refractivity contribution in [2.24, 2.45) is 0 Å². The van der Waals surface area contributed by atoms with Gasteiger partial charge in [-0.2, -0.15) is 5.10 Å². The largest absolute Gasteiger partial charge is 0.349 e. The van der Waals surface area contributed by atoms with Gasteiger partial charge in [-0.15, -0.1) is 0 Å². The molecular weight excluding hydrogens is 357 g/mol. The van der Waals surface area contributed by atoms with Crippen LogP contribution in [0, 0.1) is 5.82 Å². The Morgan fingerprint density at radius 3 is 2.75 bits per heavy atom. The number of amides is 1. The maximum atomic E-state index is 13.1. The van der Waals surface area contributed by atoms with Crippen LogP contribution < -0.4 is 5.32 Å². The standard InChI is InChI=1S/C21H20FN5O/c1-15(9-12-27-11-2-10-23-27)24-21(28)17-5-8-20-25-19(14-26(20)13-17)16-3-6-18(22)7-4-16/h2-8,10-11,13-15H,9,12H2,1H3,(H,24,28). The summed E-state index contributed by atoms with van der Waals surface area (Å²) in [6, 6.07) is 11.6. The maximum absolute atomic E-state index is 13.1. The monoisotopic (exact) mass is 377 g/mol. The van der Waals surface area contributed by atoms with Gasteiger partial charge in [-0.3, -0.25) is 9.48 Å². The molecule has 3 heterocycles. The molecule has 1 N–H and O–H groups in total. The first-order chi connectivity index (χ1) is 13.6. The number of halogens is 1. The number of nitrogens with one attached hydrogen (secondary N) is 1. The molecule has 1 aromatic carbocycles. The van der Waals surface area contributed by atoms with E-state index in [0.29, 0.717) is 5.56 Å². The van der Waals surface area contributed by atoms with Crippen LogP contribution in [0.2, 0.25) is 0 Å². The van der Waals surface area contributed by atoms with Gasteiger partial charge in [0.2, 0.25) is 0 Å². The molecule has 0 aliphatic heterocycles. The van der Waals surface area contributed by atoms with E-state index in [0.717, 1.165) is 29.9 Å². The molecule has 0 fully saturated rings. The zero-order valence-corrected chi connectivity index (χ0v) is 15.4. The van der Waals surface area contributed by atoms with E-state index < -0.39 is 0 Å². The smallest absolute Gasteiger partial charge is 0.252 e. The summed E-state index contributed by atoms with van der Waals surface area (Å²) < 4.78 is 16.8. The van der Waals surface area contributed by atoms with Gasteiger partial charge in [0.25, 0.3) is 5.91 Å². The zero-order valence-electron chi connectivity index (χ0n) is 15.4. The summed E-state index contributed by atoms with van der Waals surface area (Å²) in [5, 5.41) is 7.18. The number of aromatic nitrogens is 4. The summed E-state index contributed by atoms with van der Waals surface area (Å²) in [7, 11) is 0. The molecule has 0 spiro atoms. The fraction of sp³-hybridized carbons (Fsp3) is 0.190. The average Bonchev–Trinajstić information content (AvgIpc) is 3.36. The van der Waals surface area contributed by atoms with Gasteiger partial charge >= 0.3 is 0 Å². The third kappa shape index (κ3) is 3.93. The topological polar surface area (TPSA) is 64.2 Å². The van der Waals surface area contributed by atoms with Gasteiger partial charge in [0, 0.05) is 42.9 Å². The number of carbonyl (C=O) groups excluding carboxylic acids is 1. The summed E-state index contributed by atoms with van der Waals surface area (Å²) in [4.78, 5) is 17.1. The molecule has 4 rings (SSSR count). The molecule has 3 aromatic heterocycles. The lowest BCUT2D eigenvalue weighted by Gasteiger charge is -2.14. The van der Waals surface area contributed by atoms with Crippen LogP contribution in [0.1, 0.15) is 23.7 Å². The first-order valence-corrected chi connectivity index (χ1v) is 9.11. The highest BCUT2D eigenvalue weighted by molar-refractivity contribution is 5.94. The van der Waals surface area contributed by atoms with Crippen molar-refractivity contribution in [1.29, 1.82) is 0 Å². The van der Waals surface area contributed by atoms with E-state index in [9.17, 15) is 9.18 Å². The van der Waals surface area contributed by atoms with Gasteiger partial charge in [0.15, 0.2) is 0 Å². The van der Waals surface area contributed by atoms with Crippen LogP contribution in [-0.4, -0.2) is 31.1 Å². The molecule has 0 saturated heterocycles. The van der Waals surface area contributed by atoms with Crippen molar-refractivity contribution in [3.8, 4) is 11.3 Å². The van der Waals surface area contributed by atoms with Crippen LogP contribution in [0.5, 0.6) is 0 Å². The molecule has 1 unspecified atom stereocenters. The Morgan fingerprint density at radius 2 is 2.00 bits per heavy atom. The molecule has 0 bridgehead atoms. The molecule has 0 aliphatic carbocycles. The third-order valence-corrected chi connectivity index (χ3v) is 4.58. The van der Waals surface area contributed by atoms with Crippen LogP contribution in [-0.2, 0) is 6.54 Å². The summed E-state index contributed by atoms with van der Waals surface area (Å²) in [5.74, 6) is -0.417. The molecule has 6 nitrogen and oxygen atoms in total. The fourth-order valence-corrected chi connectivity index (χ4v) is 3.02. The predicted octanol–water partition coefficient (Wildman–Crippen LogP) is 3.55. The molecule has 28 heavy (non-hydrogen) atoms. The fourth-order valence-electron chi connectivity index (χ4n) is 3.02. The second-order valence-electron chi connectivity index (χ2n) is 6.75. The number of rotatable bonds is 6. The molecule has 1 amide bonds. The minimum Gasteiger partial charge on any atom is -0.349 e. The quantitative estimate of drug-likeness (QED) is 0.559. The highest BCUT2D eigenvalue weighted by atomic mass is 19.1. The van der Waals surface area contributed by atoms with Gasteiger partial charge in [-0.25, -0.2) is 9.37 Å². The van der Waals surface area contributed by atoms with Crippen LogP contribution in [0.15, 0.2) is 67.3 Å². The minimum absolute atomic E-state index is 0.0185. The van der Waals surface area contributed by atoms with Gasteiger partial charge in [0.1, 0.15) is 11.5 Å². The van der Waals surface area contributed by atoms with Crippen LogP contribution in [0.3, 0.4) is 0 Å². The number of fused-ring (bicyclic) bond motifs is 1. The van der Waals surface area contributed by atoms with Crippen LogP contribution >= 0.6 is 0 Å². The van der Waals surface area contributed by atoms with Crippen molar-refractivity contribution in [2.45, 2.75) is 25.9 Å². The average molecular weight is 377 g/mol. The zero-order chi connectivity index (χ0) is 19.5. The van der Waals surface area contributed by atoms with E-state index in [1.54, 1.807) is 36.7 Å². The molecule has 7 heteroatoms. The van der Waals surface area contributed by atoms with Gasteiger partial charge in [0.05, 0.1) is 11.3 Å². The minimum atomic E-state index is -0.284. The number of hydrogen-bond donors (Lipinski definition) is 1. The Bertz CT molecular complexity index is 1090. The van der Waals surface area contributed by atoms with Crippen molar-refractivity contribution < 1.29 is 9.18 Å². The Morgan fingerprint density at radius 1 is 1.18 bits per heavy atom. The molecule has 1 atom stereocenters. The number of aryl methyl sites for hydroxylation is 1. The first kappa shape index (κ1) is 17.9. The Labute approximate surface area is 161 Å². The molecular formula is C21H20FN5O. The molecule has 0 aliphatic rings. The van der Waals surface area contributed by atoms with E-state index in [1.165, 1.54) is 12.1 Å². The summed E-state index contributed by atoms with van der Waals surface area (Å²) in [6.07, 6.45) is 8.02. The number of pyridine rings is 1. The Balaban J connectivity index is 1.46. The van der Waals surface area contributed by atoms with Gasteiger partial charge in [-0.1, -0.05) is 0 Å². The lowest BCUT2D eigenvalue weighted by Crippen LogP contribution is -2.33. The van der Waals surface area contributed by atoms with E-state index >= 15 is 0 Å². The Hall–Kier alpha value is -3.48. The van der Waals surface area contributed by atoms with Gasteiger partial charge < -0.3 is 9.72 Å². The molecule has 0 saturated carbocycles. The summed E-state index contributed by atoms with van der Waals surface area (Å²) in [5.41, 5.74) is 2.83. The Kier molecular flexibility index (Phi) is 4.89. The molecule has 142 valence electrons. The maximum Gasteiger partial charge on any atom is 0.252 e. The van der Waals surface area contributed by atoms with E-state index in [-0.39, 0.29) is 17.8 Å². The normalized spacial score (nSPS) is 12.2. The van der Waals surface area contributed by atoms with Gasteiger partial charge in [-0.05, 0) is 55.8 Å². The van der Waals surface area contributed by atoms with Crippen molar-refractivity contribution in [1.82, 2.24) is 24.5 Å². The van der Waals surface area contributed by atoms with Crippen molar-refractivity contribution in [3.63, 3.8) is 0 Å². The van der Waals surface area contributed by atoms with Crippen molar-refractivity contribution in [3.05, 3.63) is 78.6 Å². The lowest BCUT2D eigenvalue weighted by molar-refractivity contribution is 0.0937. The van der Waals surface area contributed by atoms with E-state index in [4.69, 9.17) is 0 Å². The van der Waals surface area contributed by atoms with Crippen LogP contribution in [0.25, 0.3) is 16.9 Å². The SMILES string of the molecule is CC(CCn1cccn1)NC(=O)c1ccc2nc(-c3ccc(F)cc3)cn2c1. The second kappa shape index (κ2) is 7.64. The highest BCUT2D eigenvalue weighted by Crippen LogP contribution is 2.20. The molecule has 0 radical (unpaired) electrons. The number of imidazole rings is 1. The number of carbonyl (C=O) groups is 1. The number of benzene rings is 1. The van der Waals surface area contributed by atoms with E-state index in [2.05, 4.69) is 15.4 Å². The molecule has 4 aromatic rings. The van der Waals surface area contributed by atoms with Crippen LogP contribution in [0.4, 0.5) is 4.39 Å². The third-order valence-electron chi connectivity index (χ3n) is 4.58. The second-order valence-corrected chi connectivity index (χ2v) is 6.75. The number of hydrogen-bond acceptors (Lipinski definition) is 3.